The molecule has 3 N–H and O–H groups in total. The second-order valence-electron chi connectivity index (χ2n) is 5.55. The van der Waals surface area contributed by atoms with E-state index in [1.807, 2.05) is 24.3 Å². The molecule has 0 saturated heterocycles. The summed E-state index contributed by atoms with van der Waals surface area (Å²) in [6.07, 6.45) is 0. The predicted molar refractivity (Wildman–Crippen MR) is 92.6 cm³/mol. The van der Waals surface area contributed by atoms with Gasteiger partial charge in [-0.15, -0.1) is 0 Å². The molecule has 6 nitrogen and oxygen atoms in total. The average Bonchev–Trinajstić information content (AvgIpc) is 2.53. The molecule has 0 bridgehead atoms. The van der Waals surface area contributed by atoms with Crippen LogP contribution in [0.1, 0.15) is 18.1 Å². The molecule has 2 aromatic carbocycles. The second-order valence-corrected chi connectivity index (χ2v) is 5.55. The Morgan fingerprint density at radius 1 is 1.08 bits per heavy atom. The predicted octanol–water partition coefficient (Wildman–Crippen LogP) is 2.69. The summed E-state index contributed by atoms with van der Waals surface area (Å²) in [5.74, 6) is 0.147. The number of nitrogens with one attached hydrogen (secondary N) is 2. The summed E-state index contributed by atoms with van der Waals surface area (Å²) in [4.78, 5) is 24.8. The van der Waals surface area contributed by atoms with E-state index in [1.54, 1.807) is 36.2 Å². The van der Waals surface area contributed by atoms with Crippen LogP contribution in [0.25, 0.3) is 0 Å². The first kappa shape index (κ1) is 17.3. The molecule has 0 aromatic heterocycles. The van der Waals surface area contributed by atoms with Crippen LogP contribution < -0.4 is 10.6 Å². The summed E-state index contributed by atoms with van der Waals surface area (Å²) in [6.45, 7) is 2.31. The van der Waals surface area contributed by atoms with Crippen LogP contribution in [0.3, 0.4) is 0 Å². The number of phenols is 1. The highest BCUT2D eigenvalue weighted by Gasteiger charge is 2.06. The molecule has 2 aromatic rings. The number of phenolic OH excluding ortho intramolecular Hbond substituents is 1. The van der Waals surface area contributed by atoms with E-state index in [2.05, 4.69) is 10.6 Å². The molecule has 0 fully saturated rings. The number of aromatic hydroxyl groups is 1. The maximum atomic E-state index is 12.0. The summed E-state index contributed by atoms with van der Waals surface area (Å²) in [5, 5.41) is 14.9. The smallest absolute Gasteiger partial charge is 0.319 e. The second kappa shape index (κ2) is 8.01. The Kier molecular flexibility index (Phi) is 5.78. The van der Waals surface area contributed by atoms with Crippen LogP contribution in [-0.4, -0.2) is 29.0 Å². The number of anilines is 1. The lowest BCUT2D eigenvalue weighted by Gasteiger charge is -2.15. The fourth-order valence-electron chi connectivity index (χ4n) is 2.16. The Balaban J connectivity index is 1.90. The maximum Gasteiger partial charge on any atom is 0.319 e. The van der Waals surface area contributed by atoms with Crippen molar-refractivity contribution in [3.63, 3.8) is 0 Å². The third kappa shape index (κ3) is 5.31. The molecule has 0 unspecified atom stereocenters. The number of hydrogen-bond donors (Lipinski definition) is 3. The minimum absolute atomic E-state index is 0.0165. The highest BCUT2D eigenvalue weighted by Crippen LogP contribution is 2.13. The van der Waals surface area contributed by atoms with Crippen molar-refractivity contribution in [1.82, 2.24) is 10.2 Å². The molecule has 24 heavy (non-hydrogen) atoms. The number of amides is 3. The summed E-state index contributed by atoms with van der Waals surface area (Å²) in [6, 6.07) is 13.7. The third-order valence-electron chi connectivity index (χ3n) is 3.51. The van der Waals surface area contributed by atoms with Crippen molar-refractivity contribution in [2.75, 3.05) is 12.4 Å². The van der Waals surface area contributed by atoms with Crippen molar-refractivity contribution >= 4 is 17.6 Å². The molecule has 126 valence electrons. The first-order valence-electron chi connectivity index (χ1n) is 7.57. The van der Waals surface area contributed by atoms with E-state index >= 15 is 0 Å². The molecular weight excluding hydrogens is 306 g/mol. The molecule has 0 atom stereocenters. The van der Waals surface area contributed by atoms with Gasteiger partial charge in [-0.2, -0.15) is 0 Å². The van der Waals surface area contributed by atoms with Gasteiger partial charge in [0.05, 0.1) is 0 Å². The Bertz CT molecular complexity index is 731. The highest BCUT2D eigenvalue weighted by atomic mass is 16.3. The van der Waals surface area contributed by atoms with Crippen molar-refractivity contribution in [1.29, 1.82) is 0 Å². The number of nitrogens with zero attached hydrogens (tertiary/aromatic N) is 1. The van der Waals surface area contributed by atoms with Crippen molar-refractivity contribution in [2.45, 2.75) is 20.0 Å². The minimum Gasteiger partial charge on any atom is -0.508 e. The molecule has 6 heteroatoms. The lowest BCUT2D eigenvalue weighted by atomic mass is 10.2. The fourth-order valence-corrected chi connectivity index (χ4v) is 2.16. The first-order chi connectivity index (χ1) is 11.4. The lowest BCUT2D eigenvalue weighted by molar-refractivity contribution is -0.128. The number of carbonyl (C=O) groups excluding carboxylic acids is 2. The first-order valence-corrected chi connectivity index (χ1v) is 7.57. The van der Waals surface area contributed by atoms with Crippen LogP contribution in [0.2, 0.25) is 0 Å². The highest BCUT2D eigenvalue weighted by molar-refractivity contribution is 5.89. The minimum atomic E-state index is -0.338. The molecule has 3 amide bonds. The zero-order valence-corrected chi connectivity index (χ0v) is 13.7. The number of hydrogen-bond acceptors (Lipinski definition) is 3. The van der Waals surface area contributed by atoms with Crippen molar-refractivity contribution in [2.24, 2.45) is 0 Å². The van der Waals surface area contributed by atoms with E-state index in [0.29, 0.717) is 18.8 Å². The van der Waals surface area contributed by atoms with Gasteiger partial charge in [-0.25, -0.2) is 4.79 Å². The topological polar surface area (TPSA) is 81.7 Å². The van der Waals surface area contributed by atoms with Gasteiger partial charge in [0, 0.05) is 32.7 Å². The lowest BCUT2D eigenvalue weighted by Crippen LogP contribution is -2.28. The monoisotopic (exact) mass is 327 g/mol. The van der Waals surface area contributed by atoms with Crippen LogP contribution in [0.4, 0.5) is 10.5 Å². The Morgan fingerprint density at radius 2 is 1.79 bits per heavy atom. The van der Waals surface area contributed by atoms with Gasteiger partial charge in [-0.1, -0.05) is 24.3 Å². The largest absolute Gasteiger partial charge is 0.508 e. The van der Waals surface area contributed by atoms with Gasteiger partial charge >= 0.3 is 6.03 Å². The van der Waals surface area contributed by atoms with Gasteiger partial charge in [0.25, 0.3) is 0 Å². The zero-order chi connectivity index (χ0) is 17.5. The van der Waals surface area contributed by atoms with Crippen LogP contribution in [-0.2, 0) is 17.9 Å². The Labute approximate surface area is 141 Å². The van der Waals surface area contributed by atoms with Crippen LogP contribution in [0.15, 0.2) is 48.5 Å². The molecular formula is C18H21N3O3. The van der Waals surface area contributed by atoms with Gasteiger partial charge in [-0.3, -0.25) is 4.79 Å². The summed E-state index contributed by atoms with van der Waals surface area (Å²) in [7, 11) is 1.73. The van der Waals surface area contributed by atoms with Crippen LogP contribution >= 0.6 is 0 Å². The van der Waals surface area contributed by atoms with Crippen LogP contribution in [0.5, 0.6) is 5.75 Å². The Morgan fingerprint density at radius 3 is 2.50 bits per heavy atom. The van der Waals surface area contributed by atoms with E-state index in [-0.39, 0.29) is 17.7 Å². The van der Waals surface area contributed by atoms with Crippen molar-refractivity contribution in [3.05, 3.63) is 59.7 Å². The maximum absolute atomic E-state index is 12.0. The molecule has 0 spiro atoms. The summed E-state index contributed by atoms with van der Waals surface area (Å²) >= 11 is 0. The molecule has 0 aliphatic carbocycles. The van der Waals surface area contributed by atoms with E-state index in [1.165, 1.54) is 6.92 Å². The van der Waals surface area contributed by atoms with E-state index in [9.17, 15) is 14.7 Å². The van der Waals surface area contributed by atoms with Gasteiger partial charge in [-0.05, 0) is 35.4 Å². The van der Waals surface area contributed by atoms with Gasteiger partial charge in [0.15, 0.2) is 0 Å². The van der Waals surface area contributed by atoms with Crippen LogP contribution in [0, 0.1) is 0 Å². The zero-order valence-electron chi connectivity index (χ0n) is 13.7. The molecule has 0 aliphatic rings. The van der Waals surface area contributed by atoms with Crippen molar-refractivity contribution in [3.8, 4) is 5.75 Å². The quantitative estimate of drug-likeness (QED) is 0.790. The standard InChI is InChI=1S/C18H21N3O3/c1-13(22)21(2)12-15-6-3-7-16(9-15)20-18(24)19-11-14-5-4-8-17(23)10-14/h3-10,23H,11-12H2,1-2H3,(H2,19,20,24). The number of benzene rings is 2. The average molecular weight is 327 g/mol. The molecule has 0 radical (unpaired) electrons. The summed E-state index contributed by atoms with van der Waals surface area (Å²) in [5.41, 5.74) is 2.39. The molecule has 0 heterocycles. The normalized spacial score (nSPS) is 10.1. The third-order valence-corrected chi connectivity index (χ3v) is 3.51. The molecule has 0 saturated carbocycles. The van der Waals surface area contributed by atoms with Gasteiger partial charge < -0.3 is 20.6 Å². The SMILES string of the molecule is CC(=O)N(C)Cc1cccc(NC(=O)NCc2cccc(O)c2)c1. The van der Waals surface area contributed by atoms with E-state index in [4.69, 9.17) is 0 Å². The number of urea groups is 1. The van der Waals surface area contributed by atoms with E-state index in [0.717, 1.165) is 11.1 Å². The number of carbonyl (C=O) groups is 2. The van der Waals surface area contributed by atoms with E-state index < -0.39 is 0 Å². The molecule has 2 rings (SSSR count). The van der Waals surface area contributed by atoms with Crippen molar-refractivity contribution < 1.29 is 14.7 Å². The molecule has 0 aliphatic heterocycles. The van der Waals surface area contributed by atoms with Gasteiger partial charge in [0.1, 0.15) is 5.75 Å². The Hall–Kier alpha value is -3.02. The summed E-state index contributed by atoms with van der Waals surface area (Å²) < 4.78 is 0. The number of rotatable bonds is 5. The fraction of sp³-hybridized carbons (Fsp3) is 0.222. The van der Waals surface area contributed by atoms with Gasteiger partial charge in [0.2, 0.25) is 5.91 Å².